The Balaban J connectivity index is 1.70. The second-order valence-corrected chi connectivity index (χ2v) is 7.61. The average molecular weight is 368 g/mol. The van der Waals surface area contributed by atoms with Gasteiger partial charge in [0.05, 0.1) is 25.2 Å². The van der Waals surface area contributed by atoms with E-state index in [9.17, 15) is 14.7 Å². The van der Waals surface area contributed by atoms with Crippen LogP contribution in [0.2, 0.25) is 0 Å². The molecular weight excluding hydrogens is 346 g/mol. The molecule has 5 atom stereocenters. The van der Waals surface area contributed by atoms with Crippen LogP contribution in [0, 0.1) is 11.8 Å². The molecule has 3 aliphatic heterocycles. The Kier molecular flexibility index (Phi) is 4.11. The number of methoxy groups -OCH3 is 1. The summed E-state index contributed by atoms with van der Waals surface area (Å²) in [6, 6.07) is 7.20. The van der Waals surface area contributed by atoms with Crippen molar-refractivity contribution < 1.29 is 24.2 Å². The van der Waals surface area contributed by atoms with Gasteiger partial charge in [0.2, 0.25) is 5.91 Å². The molecule has 1 spiro atoms. The molecule has 6 heteroatoms. The van der Waals surface area contributed by atoms with Gasteiger partial charge in [-0.1, -0.05) is 29.9 Å². The van der Waals surface area contributed by atoms with Gasteiger partial charge in [-0.15, -0.1) is 6.58 Å². The first-order valence-corrected chi connectivity index (χ1v) is 9.03. The molecule has 0 unspecified atom stereocenters. The van der Waals surface area contributed by atoms with Crippen LogP contribution in [0.1, 0.15) is 18.9 Å². The van der Waals surface area contributed by atoms with Crippen LogP contribution in [0.15, 0.2) is 48.6 Å². The van der Waals surface area contributed by atoms with E-state index in [1.165, 1.54) is 0 Å². The molecule has 2 fully saturated rings. The summed E-state index contributed by atoms with van der Waals surface area (Å²) >= 11 is 0. The number of amides is 1. The second kappa shape index (κ2) is 6.23. The Labute approximate surface area is 158 Å². The molecule has 1 aromatic rings. The number of nitrogens with zero attached hydrogens (tertiary/aromatic N) is 1. The lowest BCUT2D eigenvalue weighted by Gasteiger charge is -2.33. The smallest absolute Gasteiger partial charge is 0.230 e. The fourth-order valence-corrected chi connectivity index (χ4v) is 4.70. The van der Waals surface area contributed by atoms with Gasteiger partial charge >= 0.3 is 0 Å². The third-order valence-corrected chi connectivity index (χ3v) is 5.86. The Morgan fingerprint density at radius 2 is 2.07 bits per heavy atom. The van der Waals surface area contributed by atoms with Gasteiger partial charge in [0, 0.05) is 18.4 Å². The van der Waals surface area contributed by atoms with E-state index in [-0.39, 0.29) is 11.9 Å². The summed E-state index contributed by atoms with van der Waals surface area (Å²) in [6.07, 6.45) is 3.59. The van der Waals surface area contributed by atoms with Crippen molar-refractivity contribution in [3.8, 4) is 5.75 Å². The highest BCUT2D eigenvalue weighted by molar-refractivity contribution is 5.91. The molecule has 142 valence electrons. The van der Waals surface area contributed by atoms with Crippen molar-refractivity contribution in [3.05, 3.63) is 54.1 Å². The van der Waals surface area contributed by atoms with E-state index in [1.807, 2.05) is 37.3 Å². The van der Waals surface area contributed by atoms with Crippen LogP contribution in [-0.2, 0) is 20.9 Å². The summed E-state index contributed by atoms with van der Waals surface area (Å²) in [5.41, 5.74) is 0.938. The van der Waals surface area contributed by atoms with Crippen molar-refractivity contribution in [3.63, 3.8) is 0 Å². The van der Waals surface area contributed by atoms with E-state index >= 15 is 0 Å². The van der Waals surface area contributed by atoms with Crippen LogP contribution in [0.25, 0.3) is 0 Å². The number of carbonyl (C=O) groups excluding carboxylic acids is 2. The second-order valence-electron chi connectivity index (χ2n) is 7.61. The largest absolute Gasteiger partial charge is 0.550 e. The molecule has 0 radical (unpaired) electrons. The molecule has 0 saturated carbocycles. The van der Waals surface area contributed by atoms with Gasteiger partial charge in [0.25, 0.3) is 0 Å². The van der Waals surface area contributed by atoms with Crippen molar-refractivity contribution in [2.45, 2.75) is 37.6 Å². The lowest BCUT2D eigenvalue weighted by molar-refractivity contribution is -0.313. The van der Waals surface area contributed by atoms with Crippen molar-refractivity contribution >= 4 is 11.9 Å². The van der Waals surface area contributed by atoms with Crippen LogP contribution < -0.4 is 9.84 Å². The fraction of sp³-hybridized carbons (Fsp3) is 0.429. The average Bonchev–Trinajstić information content (AvgIpc) is 3.27. The molecule has 2 saturated heterocycles. The topological polar surface area (TPSA) is 78.9 Å². The molecule has 0 aromatic heterocycles. The molecule has 3 aliphatic rings. The Morgan fingerprint density at radius 3 is 2.67 bits per heavy atom. The van der Waals surface area contributed by atoms with E-state index in [0.717, 1.165) is 16.9 Å². The minimum atomic E-state index is -1.23. The number of likely N-dealkylation sites (tertiary alicyclic amines) is 1. The third-order valence-electron chi connectivity index (χ3n) is 5.86. The summed E-state index contributed by atoms with van der Waals surface area (Å²) in [5.74, 6) is -2.39. The highest BCUT2D eigenvalue weighted by Crippen LogP contribution is 2.56. The van der Waals surface area contributed by atoms with E-state index in [2.05, 4.69) is 6.58 Å². The highest BCUT2D eigenvalue weighted by Gasteiger charge is 2.69. The molecule has 0 N–H and O–H groups in total. The number of benzene rings is 1. The summed E-state index contributed by atoms with van der Waals surface area (Å²) in [7, 11) is 1.60. The SMILES string of the molecule is C=C(C)C[C@H]1N(Cc2ccc(OC)cc2)C(=O)[C@H]2[C@@H](C(=O)[O-])[C@@H]3C=C[C@]21O3. The molecule has 4 rings (SSSR count). The van der Waals surface area contributed by atoms with E-state index in [4.69, 9.17) is 9.47 Å². The summed E-state index contributed by atoms with van der Waals surface area (Å²) in [5, 5.41) is 11.7. The fourth-order valence-electron chi connectivity index (χ4n) is 4.70. The van der Waals surface area contributed by atoms with Crippen LogP contribution >= 0.6 is 0 Å². The van der Waals surface area contributed by atoms with Gasteiger partial charge in [-0.2, -0.15) is 0 Å². The Bertz CT molecular complexity index is 829. The quantitative estimate of drug-likeness (QED) is 0.702. The number of aliphatic carboxylic acids is 1. The van der Waals surface area contributed by atoms with Gasteiger partial charge in [-0.3, -0.25) is 4.79 Å². The van der Waals surface area contributed by atoms with Gasteiger partial charge in [0.1, 0.15) is 11.4 Å². The van der Waals surface area contributed by atoms with Crippen molar-refractivity contribution in [1.29, 1.82) is 0 Å². The van der Waals surface area contributed by atoms with Gasteiger partial charge < -0.3 is 24.3 Å². The zero-order chi connectivity index (χ0) is 19.3. The molecule has 6 nitrogen and oxygen atoms in total. The van der Waals surface area contributed by atoms with Crippen molar-refractivity contribution in [2.75, 3.05) is 7.11 Å². The lowest BCUT2D eigenvalue weighted by atomic mass is 9.74. The number of hydrogen-bond acceptors (Lipinski definition) is 5. The maximum atomic E-state index is 13.3. The predicted octanol–water partition coefficient (Wildman–Crippen LogP) is 1.06. The minimum Gasteiger partial charge on any atom is -0.550 e. The first-order chi connectivity index (χ1) is 12.9. The molecule has 2 bridgehead atoms. The zero-order valence-corrected chi connectivity index (χ0v) is 15.4. The number of carboxylic acids is 1. The van der Waals surface area contributed by atoms with Crippen LogP contribution in [0.5, 0.6) is 5.75 Å². The number of rotatable bonds is 6. The number of ether oxygens (including phenoxy) is 2. The van der Waals surface area contributed by atoms with E-state index in [1.54, 1.807) is 18.1 Å². The summed E-state index contributed by atoms with van der Waals surface area (Å²) in [6.45, 7) is 6.27. The highest BCUT2D eigenvalue weighted by atomic mass is 16.5. The third kappa shape index (κ3) is 2.58. The standard InChI is InChI=1S/C21H23NO5/c1-12(2)10-16-21-9-8-15(27-21)17(20(24)25)18(21)19(23)22(16)11-13-4-6-14(26-3)7-5-13/h4-9,15-18H,1,10-11H2,2-3H3,(H,24,25)/p-1/t15-,16+,17-,18+,21+/m0/s1. The molecule has 0 aliphatic carbocycles. The molecular formula is C21H22NO5-. The van der Waals surface area contributed by atoms with Gasteiger partial charge in [-0.25, -0.2) is 0 Å². The minimum absolute atomic E-state index is 0.196. The monoisotopic (exact) mass is 368 g/mol. The van der Waals surface area contributed by atoms with Gasteiger partial charge in [-0.05, 0) is 31.0 Å². The van der Waals surface area contributed by atoms with Crippen LogP contribution in [-0.4, -0.2) is 41.6 Å². The first-order valence-electron chi connectivity index (χ1n) is 9.03. The predicted molar refractivity (Wildman–Crippen MR) is 95.5 cm³/mol. The Morgan fingerprint density at radius 1 is 1.37 bits per heavy atom. The first kappa shape index (κ1) is 17.8. The number of carbonyl (C=O) groups is 2. The maximum absolute atomic E-state index is 13.3. The normalized spacial score (nSPS) is 33.4. The van der Waals surface area contributed by atoms with E-state index in [0.29, 0.717) is 13.0 Å². The summed E-state index contributed by atoms with van der Waals surface area (Å²) in [4.78, 5) is 26.7. The van der Waals surface area contributed by atoms with Crippen LogP contribution in [0.3, 0.4) is 0 Å². The lowest BCUT2D eigenvalue weighted by Crippen LogP contribution is -2.46. The number of carboxylic acid groups (broad SMARTS) is 1. The maximum Gasteiger partial charge on any atom is 0.230 e. The molecule has 27 heavy (non-hydrogen) atoms. The van der Waals surface area contributed by atoms with Gasteiger partial charge in [0.15, 0.2) is 0 Å². The number of fused-ring (bicyclic) bond motifs is 1. The zero-order valence-electron chi connectivity index (χ0n) is 15.4. The number of hydrogen-bond donors (Lipinski definition) is 0. The molecule has 1 aromatic carbocycles. The van der Waals surface area contributed by atoms with E-state index < -0.39 is 29.5 Å². The van der Waals surface area contributed by atoms with Crippen molar-refractivity contribution in [1.82, 2.24) is 4.90 Å². The Hall–Kier alpha value is -2.60. The summed E-state index contributed by atoms with van der Waals surface area (Å²) < 4.78 is 11.3. The molecule has 3 heterocycles. The van der Waals surface area contributed by atoms with Crippen LogP contribution in [0.4, 0.5) is 0 Å². The molecule has 1 amide bonds. The van der Waals surface area contributed by atoms with Crippen molar-refractivity contribution in [2.24, 2.45) is 11.8 Å².